The van der Waals surface area contributed by atoms with E-state index in [1.807, 2.05) is 30.3 Å². The summed E-state index contributed by atoms with van der Waals surface area (Å²) >= 11 is 0. The standard InChI is InChI=1S/C12H18O3/c1-10(14)7-12(8-13)15-9-11-5-3-2-4-6-11/h2-6,10,12-14H,7-9H2,1H3. The first-order valence-electron chi connectivity index (χ1n) is 5.17. The van der Waals surface area contributed by atoms with Crippen LogP contribution in [0, 0.1) is 0 Å². The lowest BCUT2D eigenvalue weighted by Crippen LogP contribution is -2.22. The van der Waals surface area contributed by atoms with Crippen molar-refractivity contribution in [2.75, 3.05) is 6.61 Å². The molecule has 2 N–H and O–H groups in total. The molecule has 0 aliphatic rings. The van der Waals surface area contributed by atoms with Crippen LogP contribution in [0.5, 0.6) is 0 Å². The Bertz CT molecular complexity index is 259. The normalized spacial score (nSPS) is 14.9. The molecule has 0 saturated carbocycles. The van der Waals surface area contributed by atoms with Crippen molar-refractivity contribution in [2.45, 2.75) is 32.2 Å². The molecule has 0 aliphatic carbocycles. The summed E-state index contributed by atoms with van der Waals surface area (Å²) in [5.41, 5.74) is 1.07. The van der Waals surface area contributed by atoms with E-state index in [4.69, 9.17) is 14.9 Å². The molecule has 84 valence electrons. The fourth-order valence-corrected chi connectivity index (χ4v) is 1.36. The molecule has 1 aromatic rings. The Morgan fingerprint density at radius 1 is 1.27 bits per heavy atom. The van der Waals surface area contributed by atoms with Crippen LogP contribution in [-0.2, 0) is 11.3 Å². The summed E-state index contributed by atoms with van der Waals surface area (Å²) in [6, 6.07) is 9.78. The van der Waals surface area contributed by atoms with E-state index in [1.165, 1.54) is 0 Å². The largest absolute Gasteiger partial charge is 0.394 e. The van der Waals surface area contributed by atoms with Gasteiger partial charge in [-0.05, 0) is 12.5 Å². The van der Waals surface area contributed by atoms with E-state index in [9.17, 15) is 0 Å². The Hall–Kier alpha value is -0.900. The third kappa shape index (κ3) is 4.93. The molecule has 0 bridgehead atoms. The van der Waals surface area contributed by atoms with E-state index >= 15 is 0 Å². The highest BCUT2D eigenvalue weighted by atomic mass is 16.5. The van der Waals surface area contributed by atoms with Gasteiger partial charge >= 0.3 is 0 Å². The highest BCUT2D eigenvalue weighted by Crippen LogP contribution is 2.07. The molecule has 0 radical (unpaired) electrons. The van der Waals surface area contributed by atoms with Crippen molar-refractivity contribution in [3.05, 3.63) is 35.9 Å². The van der Waals surface area contributed by atoms with Crippen molar-refractivity contribution in [1.29, 1.82) is 0 Å². The van der Waals surface area contributed by atoms with Gasteiger partial charge in [0.05, 0.1) is 25.4 Å². The first-order chi connectivity index (χ1) is 7.22. The highest BCUT2D eigenvalue weighted by molar-refractivity contribution is 5.13. The smallest absolute Gasteiger partial charge is 0.0834 e. The number of aliphatic hydroxyl groups is 2. The zero-order valence-electron chi connectivity index (χ0n) is 8.97. The monoisotopic (exact) mass is 210 g/mol. The van der Waals surface area contributed by atoms with Crippen molar-refractivity contribution in [3.63, 3.8) is 0 Å². The fraction of sp³-hybridized carbons (Fsp3) is 0.500. The zero-order chi connectivity index (χ0) is 11.1. The van der Waals surface area contributed by atoms with Gasteiger partial charge < -0.3 is 14.9 Å². The molecular formula is C12H18O3. The molecule has 1 rings (SSSR count). The van der Waals surface area contributed by atoms with E-state index < -0.39 is 6.10 Å². The first kappa shape index (κ1) is 12.2. The van der Waals surface area contributed by atoms with Gasteiger partial charge in [-0.25, -0.2) is 0 Å². The maximum Gasteiger partial charge on any atom is 0.0834 e. The Morgan fingerprint density at radius 2 is 1.93 bits per heavy atom. The second-order valence-electron chi connectivity index (χ2n) is 3.69. The molecule has 3 heteroatoms. The van der Waals surface area contributed by atoms with Gasteiger partial charge in [0, 0.05) is 6.42 Å². The third-order valence-electron chi connectivity index (χ3n) is 2.14. The second-order valence-corrected chi connectivity index (χ2v) is 3.69. The average Bonchev–Trinajstić information content (AvgIpc) is 2.25. The van der Waals surface area contributed by atoms with Crippen LogP contribution < -0.4 is 0 Å². The SMILES string of the molecule is CC(O)CC(CO)OCc1ccccc1. The number of hydrogen-bond acceptors (Lipinski definition) is 3. The van der Waals surface area contributed by atoms with E-state index in [-0.39, 0.29) is 12.7 Å². The van der Waals surface area contributed by atoms with E-state index in [1.54, 1.807) is 6.92 Å². The molecule has 15 heavy (non-hydrogen) atoms. The quantitative estimate of drug-likeness (QED) is 0.745. The molecule has 3 nitrogen and oxygen atoms in total. The molecular weight excluding hydrogens is 192 g/mol. The van der Waals surface area contributed by atoms with Crippen LogP contribution >= 0.6 is 0 Å². The van der Waals surface area contributed by atoms with E-state index in [0.717, 1.165) is 5.56 Å². The Labute approximate surface area is 90.3 Å². The molecule has 0 aliphatic heterocycles. The average molecular weight is 210 g/mol. The minimum absolute atomic E-state index is 0.0578. The number of benzene rings is 1. The maximum atomic E-state index is 9.16. The van der Waals surface area contributed by atoms with Gasteiger partial charge in [-0.2, -0.15) is 0 Å². The molecule has 0 saturated heterocycles. The summed E-state index contributed by atoms with van der Waals surface area (Å²) in [5.74, 6) is 0. The molecule has 1 aromatic carbocycles. The van der Waals surface area contributed by atoms with Gasteiger partial charge in [0.2, 0.25) is 0 Å². The van der Waals surface area contributed by atoms with E-state index in [0.29, 0.717) is 13.0 Å². The summed E-state index contributed by atoms with van der Waals surface area (Å²) in [4.78, 5) is 0. The molecule has 0 aromatic heterocycles. The predicted octanol–water partition coefficient (Wildman–Crippen LogP) is 1.33. The van der Waals surface area contributed by atoms with Crippen molar-refractivity contribution >= 4 is 0 Å². The lowest BCUT2D eigenvalue weighted by Gasteiger charge is -2.16. The van der Waals surface area contributed by atoms with Crippen molar-refractivity contribution < 1.29 is 14.9 Å². The predicted molar refractivity (Wildman–Crippen MR) is 58.4 cm³/mol. The topological polar surface area (TPSA) is 49.7 Å². The zero-order valence-corrected chi connectivity index (χ0v) is 8.97. The van der Waals surface area contributed by atoms with Crippen LogP contribution in [0.25, 0.3) is 0 Å². The second kappa shape index (κ2) is 6.56. The van der Waals surface area contributed by atoms with Gasteiger partial charge in [0.1, 0.15) is 0 Å². The Balaban J connectivity index is 2.34. The highest BCUT2D eigenvalue weighted by Gasteiger charge is 2.10. The maximum absolute atomic E-state index is 9.16. The van der Waals surface area contributed by atoms with Gasteiger partial charge in [-0.3, -0.25) is 0 Å². The number of rotatable bonds is 6. The molecule has 0 fully saturated rings. The minimum Gasteiger partial charge on any atom is -0.394 e. The minimum atomic E-state index is -0.446. The number of aliphatic hydroxyl groups excluding tert-OH is 2. The van der Waals surface area contributed by atoms with Crippen LogP contribution in [0.4, 0.5) is 0 Å². The molecule has 2 unspecified atom stereocenters. The van der Waals surface area contributed by atoms with Gasteiger partial charge in [-0.15, -0.1) is 0 Å². The Morgan fingerprint density at radius 3 is 2.47 bits per heavy atom. The van der Waals surface area contributed by atoms with E-state index in [2.05, 4.69) is 0 Å². The summed E-state index contributed by atoms with van der Waals surface area (Å²) in [6.45, 7) is 2.10. The molecule has 0 amide bonds. The van der Waals surface area contributed by atoms with Crippen LogP contribution in [-0.4, -0.2) is 29.0 Å². The summed E-state index contributed by atoms with van der Waals surface area (Å²) in [6.07, 6.45) is -0.272. The molecule has 0 spiro atoms. The fourth-order valence-electron chi connectivity index (χ4n) is 1.36. The van der Waals surface area contributed by atoms with Crippen molar-refractivity contribution in [2.24, 2.45) is 0 Å². The van der Waals surface area contributed by atoms with Crippen molar-refractivity contribution in [3.8, 4) is 0 Å². The first-order valence-corrected chi connectivity index (χ1v) is 5.17. The molecule has 2 atom stereocenters. The summed E-state index contributed by atoms with van der Waals surface area (Å²) in [7, 11) is 0. The summed E-state index contributed by atoms with van der Waals surface area (Å²) < 4.78 is 5.48. The molecule has 0 heterocycles. The third-order valence-corrected chi connectivity index (χ3v) is 2.14. The number of hydrogen-bond donors (Lipinski definition) is 2. The van der Waals surface area contributed by atoms with Crippen LogP contribution in [0.3, 0.4) is 0 Å². The van der Waals surface area contributed by atoms with Gasteiger partial charge in [0.15, 0.2) is 0 Å². The van der Waals surface area contributed by atoms with Crippen LogP contribution in [0.1, 0.15) is 18.9 Å². The summed E-state index contributed by atoms with van der Waals surface area (Å²) in [5, 5.41) is 18.2. The van der Waals surface area contributed by atoms with Crippen LogP contribution in [0.2, 0.25) is 0 Å². The lowest BCUT2D eigenvalue weighted by atomic mass is 10.2. The lowest BCUT2D eigenvalue weighted by molar-refractivity contribution is -0.0230. The van der Waals surface area contributed by atoms with Gasteiger partial charge in [-0.1, -0.05) is 30.3 Å². The van der Waals surface area contributed by atoms with Crippen molar-refractivity contribution in [1.82, 2.24) is 0 Å². The van der Waals surface area contributed by atoms with Crippen LogP contribution in [0.15, 0.2) is 30.3 Å². The number of ether oxygens (including phenoxy) is 1. The Kier molecular flexibility index (Phi) is 5.32. The van der Waals surface area contributed by atoms with Gasteiger partial charge in [0.25, 0.3) is 0 Å².